The van der Waals surface area contributed by atoms with Crippen LogP contribution in [0.25, 0.3) is 0 Å². The Bertz CT molecular complexity index is 613. The van der Waals surface area contributed by atoms with Gasteiger partial charge in [-0.25, -0.2) is 4.79 Å². The zero-order valence-electron chi connectivity index (χ0n) is 13.6. The molecule has 0 saturated carbocycles. The molecule has 1 fully saturated rings. The third kappa shape index (κ3) is 4.92. The third-order valence-electron chi connectivity index (χ3n) is 3.81. The van der Waals surface area contributed by atoms with E-state index < -0.39 is 12.1 Å². The Labute approximate surface area is 141 Å². The lowest BCUT2D eigenvalue weighted by molar-refractivity contribution is -0.192. The fraction of sp³-hybridized carbons (Fsp3) is 0.643. The van der Waals surface area contributed by atoms with Gasteiger partial charge in [-0.15, -0.1) is 0 Å². The standard InChI is InChI=1S/C12H18N4O2.C2HF3O2/c1-14-8-10-2-3-13-16(10)11(9-14)12(17)15-4-6-18-7-5-15;3-2(4,5)1(6)7/h2-3,11H,4-9H2,1H3;(H,6,7). The first kappa shape index (κ1) is 19.2. The van der Waals surface area contributed by atoms with Gasteiger partial charge in [0.15, 0.2) is 0 Å². The number of aliphatic carboxylic acids is 1. The molecular formula is C14H19F3N4O4. The number of halogens is 3. The molecular weight excluding hydrogens is 345 g/mol. The van der Waals surface area contributed by atoms with Crippen LogP contribution < -0.4 is 0 Å². The lowest BCUT2D eigenvalue weighted by atomic mass is 10.1. The first-order chi connectivity index (χ1) is 11.7. The normalized spacial score (nSPS) is 21.1. The molecule has 1 saturated heterocycles. The van der Waals surface area contributed by atoms with Gasteiger partial charge in [0.1, 0.15) is 6.04 Å². The second-order valence-corrected chi connectivity index (χ2v) is 5.72. The number of hydrogen-bond donors (Lipinski definition) is 1. The number of nitrogens with zero attached hydrogens (tertiary/aromatic N) is 4. The molecule has 0 aliphatic carbocycles. The van der Waals surface area contributed by atoms with Crippen LogP contribution in [0.2, 0.25) is 0 Å². The maximum Gasteiger partial charge on any atom is 0.490 e. The lowest BCUT2D eigenvalue weighted by Crippen LogP contribution is -2.49. The van der Waals surface area contributed by atoms with Crippen LogP contribution in [0.4, 0.5) is 13.2 Å². The van der Waals surface area contributed by atoms with Crippen molar-refractivity contribution in [3.8, 4) is 0 Å². The summed E-state index contributed by atoms with van der Waals surface area (Å²) in [6.07, 6.45) is -3.31. The Morgan fingerprint density at radius 2 is 1.92 bits per heavy atom. The van der Waals surface area contributed by atoms with E-state index in [0.29, 0.717) is 26.3 Å². The van der Waals surface area contributed by atoms with Crippen molar-refractivity contribution in [2.24, 2.45) is 0 Å². The molecule has 1 aromatic rings. The zero-order chi connectivity index (χ0) is 18.6. The van der Waals surface area contributed by atoms with Crippen molar-refractivity contribution >= 4 is 11.9 Å². The predicted molar refractivity (Wildman–Crippen MR) is 78.7 cm³/mol. The van der Waals surface area contributed by atoms with Gasteiger partial charge < -0.3 is 14.7 Å². The number of aromatic nitrogens is 2. The summed E-state index contributed by atoms with van der Waals surface area (Å²) >= 11 is 0. The highest BCUT2D eigenvalue weighted by Crippen LogP contribution is 2.21. The van der Waals surface area contributed by atoms with Crippen LogP contribution in [0.15, 0.2) is 12.3 Å². The van der Waals surface area contributed by atoms with E-state index in [-0.39, 0.29) is 11.9 Å². The van der Waals surface area contributed by atoms with Crippen molar-refractivity contribution < 1.29 is 32.6 Å². The Balaban J connectivity index is 0.000000277. The Hall–Kier alpha value is -2.14. The summed E-state index contributed by atoms with van der Waals surface area (Å²) in [5.74, 6) is -2.60. The number of carbonyl (C=O) groups excluding carboxylic acids is 1. The largest absolute Gasteiger partial charge is 0.490 e. The van der Waals surface area contributed by atoms with Crippen molar-refractivity contribution in [2.45, 2.75) is 18.8 Å². The van der Waals surface area contributed by atoms with E-state index in [2.05, 4.69) is 10.00 Å². The second-order valence-electron chi connectivity index (χ2n) is 5.72. The summed E-state index contributed by atoms with van der Waals surface area (Å²) in [7, 11) is 2.04. The van der Waals surface area contributed by atoms with Crippen molar-refractivity contribution in [2.75, 3.05) is 39.9 Å². The molecule has 0 radical (unpaired) electrons. The van der Waals surface area contributed by atoms with Gasteiger partial charge in [0, 0.05) is 32.4 Å². The summed E-state index contributed by atoms with van der Waals surface area (Å²) in [4.78, 5) is 25.5. The molecule has 2 aliphatic rings. The van der Waals surface area contributed by atoms with Crippen molar-refractivity contribution in [1.29, 1.82) is 0 Å². The van der Waals surface area contributed by atoms with Crippen LogP contribution >= 0.6 is 0 Å². The monoisotopic (exact) mass is 364 g/mol. The highest BCUT2D eigenvalue weighted by Gasteiger charge is 2.38. The smallest absolute Gasteiger partial charge is 0.475 e. The average molecular weight is 364 g/mol. The number of morpholine rings is 1. The first-order valence-corrected chi connectivity index (χ1v) is 7.57. The minimum Gasteiger partial charge on any atom is -0.475 e. The SMILES string of the molecule is CN1Cc2ccnn2C(C(=O)N2CCOCC2)C1.O=C(O)C(F)(F)F. The van der Waals surface area contributed by atoms with Gasteiger partial charge in [-0.1, -0.05) is 0 Å². The predicted octanol–water partition coefficient (Wildman–Crippen LogP) is 0.362. The topological polar surface area (TPSA) is 87.9 Å². The molecule has 3 heterocycles. The van der Waals surface area contributed by atoms with Crippen LogP contribution in [0.1, 0.15) is 11.7 Å². The zero-order valence-corrected chi connectivity index (χ0v) is 13.6. The number of carboxylic acids is 1. The number of carbonyl (C=O) groups is 2. The van der Waals surface area contributed by atoms with E-state index in [0.717, 1.165) is 18.8 Å². The first-order valence-electron chi connectivity index (χ1n) is 7.57. The summed E-state index contributed by atoms with van der Waals surface area (Å²) in [6, 6.07) is 1.79. The third-order valence-corrected chi connectivity index (χ3v) is 3.81. The van der Waals surface area contributed by atoms with Gasteiger partial charge in [0.2, 0.25) is 5.91 Å². The average Bonchev–Trinajstić information content (AvgIpc) is 3.02. The number of fused-ring (bicyclic) bond motifs is 1. The fourth-order valence-electron chi connectivity index (χ4n) is 2.64. The Morgan fingerprint density at radius 1 is 1.32 bits per heavy atom. The van der Waals surface area contributed by atoms with Crippen molar-refractivity contribution in [1.82, 2.24) is 19.6 Å². The molecule has 1 amide bonds. The van der Waals surface area contributed by atoms with Gasteiger partial charge in [-0.05, 0) is 13.1 Å². The highest BCUT2D eigenvalue weighted by molar-refractivity contribution is 5.81. The molecule has 8 nitrogen and oxygen atoms in total. The summed E-state index contributed by atoms with van der Waals surface area (Å²) in [5, 5.41) is 11.4. The summed E-state index contributed by atoms with van der Waals surface area (Å²) in [6.45, 7) is 4.24. The molecule has 0 aromatic carbocycles. The van der Waals surface area contributed by atoms with E-state index in [4.69, 9.17) is 14.6 Å². The maximum atomic E-state index is 12.5. The molecule has 140 valence electrons. The van der Waals surface area contributed by atoms with E-state index in [1.165, 1.54) is 0 Å². The molecule has 3 rings (SSSR count). The number of hydrogen-bond acceptors (Lipinski definition) is 5. The van der Waals surface area contributed by atoms with Crippen LogP contribution in [-0.2, 0) is 20.9 Å². The van der Waals surface area contributed by atoms with Crippen LogP contribution in [0, 0.1) is 0 Å². The number of carboxylic acid groups (broad SMARTS) is 1. The molecule has 1 N–H and O–H groups in total. The fourth-order valence-corrected chi connectivity index (χ4v) is 2.64. The Kier molecular flexibility index (Phi) is 6.01. The summed E-state index contributed by atoms with van der Waals surface area (Å²) in [5.41, 5.74) is 1.11. The van der Waals surface area contributed by atoms with Gasteiger partial charge in [0.05, 0.1) is 18.9 Å². The molecule has 11 heteroatoms. The lowest BCUT2D eigenvalue weighted by Gasteiger charge is -2.35. The van der Waals surface area contributed by atoms with E-state index in [1.54, 1.807) is 6.20 Å². The van der Waals surface area contributed by atoms with Gasteiger partial charge in [-0.2, -0.15) is 18.3 Å². The number of ether oxygens (including phenoxy) is 1. The molecule has 2 aliphatic heterocycles. The van der Waals surface area contributed by atoms with Gasteiger partial charge in [-0.3, -0.25) is 14.4 Å². The summed E-state index contributed by atoms with van der Waals surface area (Å²) < 4.78 is 38.9. The van der Waals surface area contributed by atoms with E-state index >= 15 is 0 Å². The molecule has 1 atom stereocenters. The minimum atomic E-state index is -5.08. The maximum absolute atomic E-state index is 12.5. The Morgan fingerprint density at radius 3 is 2.48 bits per heavy atom. The van der Waals surface area contributed by atoms with Crippen molar-refractivity contribution in [3.05, 3.63) is 18.0 Å². The number of rotatable bonds is 1. The second kappa shape index (κ2) is 7.83. The van der Waals surface area contributed by atoms with Crippen molar-refractivity contribution in [3.63, 3.8) is 0 Å². The van der Waals surface area contributed by atoms with Gasteiger partial charge in [0.25, 0.3) is 0 Å². The molecule has 0 spiro atoms. The van der Waals surface area contributed by atoms with Crippen LogP contribution in [0.5, 0.6) is 0 Å². The number of alkyl halides is 3. The minimum absolute atomic E-state index is 0.162. The van der Waals surface area contributed by atoms with Crippen LogP contribution in [0.3, 0.4) is 0 Å². The van der Waals surface area contributed by atoms with E-state index in [1.807, 2.05) is 22.7 Å². The number of amides is 1. The molecule has 1 unspecified atom stereocenters. The quantitative estimate of drug-likeness (QED) is 0.774. The molecule has 25 heavy (non-hydrogen) atoms. The highest BCUT2D eigenvalue weighted by atomic mass is 19.4. The molecule has 1 aromatic heterocycles. The van der Waals surface area contributed by atoms with E-state index in [9.17, 15) is 18.0 Å². The number of likely N-dealkylation sites (N-methyl/N-ethyl adjacent to an activating group) is 1. The van der Waals surface area contributed by atoms with Crippen LogP contribution in [-0.4, -0.2) is 82.6 Å². The van der Waals surface area contributed by atoms with Gasteiger partial charge >= 0.3 is 12.1 Å². The molecule has 0 bridgehead atoms.